The highest BCUT2D eigenvalue weighted by atomic mass is 16.3. The second kappa shape index (κ2) is 4.85. The van der Waals surface area contributed by atoms with Crippen molar-refractivity contribution in [1.82, 2.24) is 9.78 Å². The maximum atomic E-state index is 10.2. The van der Waals surface area contributed by atoms with Crippen molar-refractivity contribution in [2.75, 3.05) is 0 Å². The Morgan fingerprint density at radius 1 is 0.900 bits per heavy atom. The summed E-state index contributed by atoms with van der Waals surface area (Å²) in [4.78, 5) is 0. The van der Waals surface area contributed by atoms with Gasteiger partial charge in [0.05, 0.1) is 16.9 Å². The number of nitrogens with zero attached hydrogens (tertiary/aromatic N) is 2. The summed E-state index contributed by atoms with van der Waals surface area (Å²) in [5.41, 5.74) is 4.83. The number of hydrogen-bond donors (Lipinski definition) is 1. The Morgan fingerprint density at radius 3 is 2.20 bits per heavy atom. The van der Waals surface area contributed by atoms with Crippen LogP contribution in [0.5, 0.6) is 5.88 Å². The van der Waals surface area contributed by atoms with Crippen molar-refractivity contribution in [1.29, 1.82) is 0 Å². The van der Waals surface area contributed by atoms with Crippen molar-refractivity contribution in [3.8, 4) is 22.7 Å². The van der Waals surface area contributed by atoms with Gasteiger partial charge in [-0.05, 0) is 31.5 Å². The summed E-state index contributed by atoms with van der Waals surface area (Å²) in [6.07, 6.45) is 0. The Morgan fingerprint density at radius 2 is 1.55 bits per heavy atom. The third-order valence-electron chi connectivity index (χ3n) is 3.44. The monoisotopic (exact) mass is 264 g/mol. The number of benzene rings is 2. The molecule has 0 aliphatic rings. The van der Waals surface area contributed by atoms with Gasteiger partial charge in [0, 0.05) is 0 Å². The van der Waals surface area contributed by atoms with Crippen molar-refractivity contribution >= 4 is 0 Å². The Hall–Kier alpha value is -2.55. The smallest absolute Gasteiger partial charge is 0.239 e. The molecule has 2 aromatic carbocycles. The first kappa shape index (κ1) is 12.5. The van der Waals surface area contributed by atoms with Crippen molar-refractivity contribution in [3.63, 3.8) is 0 Å². The highest BCUT2D eigenvalue weighted by Crippen LogP contribution is 2.33. The van der Waals surface area contributed by atoms with E-state index in [0.717, 1.165) is 22.5 Å². The third-order valence-corrected chi connectivity index (χ3v) is 3.44. The zero-order valence-electron chi connectivity index (χ0n) is 11.5. The molecule has 0 aliphatic carbocycles. The van der Waals surface area contributed by atoms with Crippen molar-refractivity contribution in [2.45, 2.75) is 13.8 Å². The zero-order chi connectivity index (χ0) is 14.1. The molecular formula is C17H16N2O. The molecule has 3 aromatic rings. The van der Waals surface area contributed by atoms with Gasteiger partial charge in [-0.3, -0.25) is 0 Å². The van der Waals surface area contributed by atoms with Gasteiger partial charge in [0.1, 0.15) is 0 Å². The highest BCUT2D eigenvalue weighted by Gasteiger charge is 2.16. The van der Waals surface area contributed by atoms with E-state index in [9.17, 15) is 5.11 Å². The molecule has 3 rings (SSSR count). The maximum absolute atomic E-state index is 10.2. The molecule has 1 heterocycles. The lowest BCUT2D eigenvalue weighted by molar-refractivity contribution is 0.449. The molecule has 1 aromatic heterocycles. The molecule has 1 N–H and O–H groups in total. The number of aryl methyl sites for hydroxylation is 1. The Balaban J connectivity index is 2.14. The fourth-order valence-corrected chi connectivity index (χ4v) is 2.37. The fourth-order valence-electron chi connectivity index (χ4n) is 2.37. The van der Waals surface area contributed by atoms with Gasteiger partial charge in [-0.1, -0.05) is 48.0 Å². The second-order valence-electron chi connectivity index (χ2n) is 4.90. The van der Waals surface area contributed by atoms with Crippen LogP contribution in [0, 0.1) is 13.8 Å². The fraction of sp³-hybridized carbons (Fsp3) is 0.118. The van der Waals surface area contributed by atoms with Gasteiger partial charge in [0.15, 0.2) is 0 Å². The van der Waals surface area contributed by atoms with E-state index in [2.05, 4.69) is 5.10 Å². The molecule has 20 heavy (non-hydrogen) atoms. The maximum Gasteiger partial charge on any atom is 0.239 e. The Kier molecular flexibility index (Phi) is 3.03. The zero-order valence-corrected chi connectivity index (χ0v) is 11.5. The van der Waals surface area contributed by atoms with Crippen LogP contribution in [0.15, 0.2) is 54.6 Å². The van der Waals surface area contributed by atoms with Crippen LogP contribution >= 0.6 is 0 Å². The van der Waals surface area contributed by atoms with Gasteiger partial charge >= 0.3 is 0 Å². The molecular weight excluding hydrogens is 248 g/mol. The summed E-state index contributed by atoms with van der Waals surface area (Å²) < 4.78 is 1.77. The predicted molar refractivity (Wildman–Crippen MR) is 80.1 cm³/mol. The average Bonchev–Trinajstić information content (AvgIpc) is 2.76. The van der Waals surface area contributed by atoms with Crippen LogP contribution in [0.25, 0.3) is 16.8 Å². The van der Waals surface area contributed by atoms with E-state index in [1.807, 2.05) is 68.4 Å². The van der Waals surface area contributed by atoms with E-state index >= 15 is 0 Å². The normalized spacial score (nSPS) is 10.7. The number of hydrogen-bond acceptors (Lipinski definition) is 2. The summed E-state index contributed by atoms with van der Waals surface area (Å²) in [6, 6.07) is 17.9. The number of aromatic hydroxyl groups is 1. The topological polar surface area (TPSA) is 38.1 Å². The lowest BCUT2D eigenvalue weighted by atomic mass is 10.0. The van der Waals surface area contributed by atoms with Gasteiger partial charge in [0.2, 0.25) is 5.88 Å². The van der Waals surface area contributed by atoms with Crippen LogP contribution in [0.1, 0.15) is 11.3 Å². The van der Waals surface area contributed by atoms with Gasteiger partial charge < -0.3 is 5.11 Å². The molecule has 0 aliphatic heterocycles. The van der Waals surface area contributed by atoms with Crippen LogP contribution in [0.4, 0.5) is 0 Å². The predicted octanol–water partition coefficient (Wildman–Crippen LogP) is 3.86. The standard InChI is InChI=1S/C17H16N2O/c1-12-8-10-14(11-9-12)16-13(2)19(18-17(16)20)15-6-4-3-5-7-15/h3-11H,1-2H3,(H,18,20). The average molecular weight is 264 g/mol. The first-order valence-electron chi connectivity index (χ1n) is 6.58. The number of rotatable bonds is 2. The van der Waals surface area contributed by atoms with Gasteiger partial charge in [0.25, 0.3) is 0 Å². The largest absolute Gasteiger partial charge is 0.492 e. The molecule has 0 fully saturated rings. The second-order valence-corrected chi connectivity index (χ2v) is 4.90. The molecule has 0 saturated heterocycles. The quantitative estimate of drug-likeness (QED) is 0.763. The molecule has 100 valence electrons. The summed E-state index contributed by atoms with van der Waals surface area (Å²) in [5, 5.41) is 14.4. The van der Waals surface area contributed by atoms with Crippen molar-refractivity contribution < 1.29 is 5.11 Å². The van der Waals surface area contributed by atoms with Crippen LogP contribution in [0.2, 0.25) is 0 Å². The van der Waals surface area contributed by atoms with E-state index in [0.29, 0.717) is 0 Å². The summed E-state index contributed by atoms with van der Waals surface area (Å²) in [7, 11) is 0. The van der Waals surface area contributed by atoms with Crippen molar-refractivity contribution in [2.24, 2.45) is 0 Å². The van der Waals surface area contributed by atoms with Crippen molar-refractivity contribution in [3.05, 3.63) is 65.9 Å². The van der Waals surface area contributed by atoms with Crippen LogP contribution in [-0.2, 0) is 0 Å². The Bertz CT molecular complexity index is 728. The molecule has 0 amide bonds. The lowest BCUT2D eigenvalue weighted by Crippen LogP contribution is -1.98. The van der Waals surface area contributed by atoms with E-state index in [1.54, 1.807) is 4.68 Å². The minimum absolute atomic E-state index is 0.0650. The molecule has 0 spiro atoms. The molecule has 0 atom stereocenters. The minimum atomic E-state index is 0.0650. The van der Waals surface area contributed by atoms with E-state index in [-0.39, 0.29) is 5.88 Å². The van der Waals surface area contributed by atoms with E-state index in [1.165, 1.54) is 5.56 Å². The SMILES string of the molecule is Cc1ccc(-c2c(O)nn(-c3ccccc3)c2C)cc1. The first-order valence-corrected chi connectivity index (χ1v) is 6.58. The van der Waals surface area contributed by atoms with Crippen LogP contribution < -0.4 is 0 Å². The minimum Gasteiger partial charge on any atom is -0.492 e. The summed E-state index contributed by atoms with van der Waals surface area (Å²) >= 11 is 0. The summed E-state index contributed by atoms with van der Waals surface area (Å²) in [6.45, 7) is 4.01. The molecule has 3 heteroatoms. The van der Waals surface area contributed by atoms with Crippen LogP contribution in [0.3, 0.4) is 0 Å². The van der Waals surface area contributed by atoms with E-state index in [4.69, 9.17) is 0 Å². The van der Waals surface area contributed by atoms with Gasteiger partial charge in [-0.2, -0.15) is 0 Å². The molecule has 0 bridgehead atoms. The van der Waals surface area contributed by atoms with E-state index < -0.39 is 0 Å². The lowest BCUT2D eigenvalue weighted by Gasteiger charge is -2.05. The number of para-hydroxylation sites is 1. The highest BCUT2D eigenvalue weighted by molar-refractivity contribution is 5.71. The van der Waals surface area contributed by atoms with Gasteiger partial charge in [-0.25, -0.2) is 4.68 Å². The number of aromatic nitrogens is 2. The molecule has 0 radical (unpaired) electrons. The molecule has 0 saturated carbocycles. The molecule has 3 nitrogen and oxygen atoms in total. The third kappa shape index (κ3) is 2.07. The Labute approximate surface area is 118 Å². The first-order chi connectivity index (χ1) is 9.66. The summed E-state index contributed by atoms with van der Waals surface area (Å²) in [5.74, 6) is 0.0650. The van der Waals surface area contributed by atoms with Gasteiger partial charge in [-0.15, -0.1) is 5.10 Å². The van der Waals surface area contributed by atoms with Crippen LogP contribution in [-0.4, -0.2) is 14.9 Å². The molecule has 0 unspecified atom stereocenters.